The van der Waals surface area contributed by atoms with Gasteiger partial charge in [-0.05, 0) is 32.0 Å². The third kappa shape index (κ3) is 5.08. The van der Waals surface area contributed by atoms with Crippen molar-refractivity contribution in [1.29, 1.82) is 5.26 Å². The molecular formula is C14H19ClN4O. The molecular weight excluding hydrogens is 276 g/mol. The minimum absolute atomic E-state index is 0.161. The van der Waals surface area contributed by atoms with Crippen LogP contribution in [0.5, 0.6) is 0 Å². The molecule has 0 unspecified atom stereocenters. The molecule has 1 rings (SSSR count). The maximum Gasteiger partial charge on any atom is 0.238 e. The van der Waals surface area contributed by atoms with Crippen LogP contribution in [0.15, 0.2) is 18.2 Å². The Morgan fingerprint density at radius 2 is 2.25 bits per heavy atom. The normalized spacial score (nSPS) is 10.6. The quantitative estimate of drug-likeness (QED) is 0.790. The fourth-order valence-corrected chi connectivity index (χ4v) is 1.92. The third-order valence-corrected chi connectivity index (χ3v) is 3.11. The molecule has 0 saturated heterocycles. The molecule has 1 amide bonds. The molecule has 108 valence electrons. The second-order valence-electron chi connectivity index (χ2n) is 4.75. The van der Waals surface area contributed by atoms with Crippen molar-refractivity contribution in [2.45, 2.75) is 26.3 Å². The van der Waals surface area contributed by atoms with E-state index >= 15 is 0 Å². The van der Waals surface area contributed by atoms with Gasteiger partial charge in [0.2, 0.25) is 5.91 Å². The molecule has 1 aromatic rings. The topological polar surface area (TPSA) is 82.2 Å². The summed E-state index contributed by atoms with van der Waals surface area (Å²) in [5.74, 6) is -0.161. The molecule has 0 aliphatic heterocycles. The van der Waals surface area contributed by atoms with Gasteiger partial charge in [0.1, 0.15) is 0 Å². The molecule has 0 radical (unpaired) electrons. The predicted molar refractivity (Wildman–Crippen MR) is 81.4 cm³/mol. The number of nitrogens with zero attached hydrogens (tertiary/aromatic N) is 2. The fraction of sp³-hybridized carbons (Fsp3) is 0.429. The molecule has 0 aromatic heterocycles. The Hall–Kier alpha value is -1.77. The molecule has 20 heavy (non-hydrogen) atoms. The second-order valence-corrected chi connectivity index (χ2v) is 5.19. The molecule has 0 aliphatic carbocycles. The zero-order chi connectivity index (χ0) is 15.1. The molecule has 6 heteroatoms. The first kappa shape index (κ1) is 16.3. The fourth-order valence-electron chi connectivity index (χ4n) is 1.74. The van der Waals surface area contributed by atoms with E-state index < -0.39 is 0 Å². The van der Waals surface area contributed by atoms with E-state index in [0.29, 0.717) is 29.4 Å². The molecule has 0 heterocycles. The molecule has 0 bridgehead atoms. The van der Waals surface area contributed by atoms with Crippen LogP contribution in [0, 0.1) is 11.3 Å². The highest BCUT2D eigenvalue weighted by molar-refractivity contribution is 6.31. The van der Waals surface area contributed by atoms with Crippen LogP contribution in [0.4, 0.5) is 11.4 Å². The number of benzene rings is 1. The number of hydrogen-bond acceptors (Lipinski definition) is 4. The number of amides is 1. The maximum atomic E-state index is 12.0. The zero-order valence-electron chi connectivity index (χ0n) is 11.7. The van der Waals surface area contributed by atoms with Crippen LogP contribution in [0.3, 0.4) is 0 Å². The average molecular weight is 295 g/mol. The van der Waals surface area contributed by atoms with E-state index in [4.69, 9.17) is 22.6 Å². The predicted octanol–water partition coefficient (Wildman–Crippen LogP) is 2.48. The number of carbonyl (C=O) groups is 1. The van der Waals surface area contributed by atoms with Crippen LogP contribution in [0.25, 0.3) is 0 Å². The number of nitrogens with two attached hydrogens (primary N) is 1. The van der Waals surface area contributed by atoms with Crippen LogP contribution < -0.4 is 11.1 Å². The molecule has 0 fully saturated rings. The highest BCUT2D eigenvalue weighted by Gasteiger charge is 2.14. The van der Waals surface area contributed by atoms with Gasteiger partial charge in [0.25, 0.3) is 0 Å². The van der Waals surface area contributed by atoms with Crippen LogP contribution in [-0.2, 0) is 4.79 Å². The van der Waals surface area contributed by atoms with Crippen molar-refractivity contribution >= 4 is 28.9 Å². The average Bonchev–Trinajstić information content (AvgIpc) is 2.37. The summed E-state index contributed by atoms with van der Waals surface area (Å²) in [5.41, 5.74) is 6.76. The first-order valence-electron chi connectivity index (χ1n) is 6.40. The number of hydrogen-bond donors (Lipinski definition) is 2. The highest BCUT2D eigenvalue weighted by atomic mass is 35.5. The van der Waals surface area contributed by atoms with Crippen molar-refractivity contribution in [1.82, 2.24) is 4.90 Å². The zero-order valence-corrected chi connectivity index (χ0v) is 12.4. The van der Waals surface area contributed by atoms with Crippen molar-refractivity contribution in [3.8, 4) is 6.07 Å². The van der Waals surface area contributed by atoms with Crippen LogP contribution in [0.2, 0.25) is 5.02 Å². The van der Waals surface area contributed by atoms with E-state index in [1.165, 1.54) is 0 Å². The Morgan fingerprint density at radius 3 is 2.80 bits per heavy atom. The van der Waals surface area contributed by atoms with E-state index in [0.717, 1.165) is 0 Å². The van der Waals surface area contributed by atoms with Gasteiger partial charge >= 0.3 is 0 Å². The lowest BCUT2D eigenvalue weighted by atomic mass is 10.2. The number of nitrogen functional groups attached to an aromatic ring is 1. The molecule has 0 saturated carbocycles. The summed E-state index contributed by atoms with van der Waals surface area (Å²) >= 11 is 5.81. The van der Waals surface area contributed by atoms with Gasteiger partial charge in [-0.15, -0.1) is 0 Å². The summed E-state index contributed by atoms with van der Waals surface area (Å²) in [5, 5.41) is 11.9. The lowest BCUT2D eigenvalue weighted by Gasteiger charge is -2.24. The maximum absolute atomic E-state index is 12.0. The molecule has 0 aliphatic rings. The second kappa shape index (κ2) is 7.73. The van der Waals surface area contributed by atoms with Gasteiger partial charge in [-0.1, -0.05) is 11.6 Å². The third-order valence-electron chi connectivity index (χ3n) is 2.88. The van der Waals surface area contributed by atoms with Gasteiger partial charge < -0.3 is 11.1 Å². The van der Waals surface area contributed by atoms with Gasteiger partial charge in [0.05, 0.1) is 24.0 Å². The first-order valence-corrected chi connectivity index (χ1v) is 6.77. The minimum atomic E-state index is -0.161. The lowest BCUT2D eigenvalue weighted by Crippen LogP contribution is -2.38. The summed E-state index contributed by atoms with van der Waals surface area (Å²) < 4.78 is 0. The van der Waals surface area contributed by atoms with Gasteiger partial charge in [0.15, 0.2) is 0 Å². The number of halogens is 1. The summed E-state index contributed by atoms with van der Waals surface area (Å²) in [6.07, 6.45) is 0.397. The Balaban J connectivity index is 2.63. The van der Waals surface area contributed by atoms with Gasteiger partial charge in [-0.2, -0.15) is 5.26 Å². The van der Waals surface area contributed by atoms with Crippen LogP contribution in [-0.4, -0.2) is 29.9 Å². The number of nitriles is 1. The largest absolute Gasteiger partial charge is 0.397 e. The Morgan fingerprint density at radius 1 is 1.55 bits per heavy atom. The first-order chi connectivity index (χ1) is 9.43. The van der Waals surface area contributed by atoms with E-state index in [1.807, 2.05) is 18.7 Å². The van der Waals surface area contributed by atoms with E-state index in [9.17, 15) is 4.79 Å². The van der Waals surface area contributed by atoms with Crippen molar-refractivity contribution in [3.05, 3.63) is 23.2 Å². The van der Waals surface area contributed by atoms with Crippen LogP contribution in [0.1, 0.15) is 20.3 Å². The highest BCUT2D eigenvalue weighted by Crippen LogP contribution is 2.22. The Kier molecular flexibility index (Phi) is 6.29. The van der Waals surface area contributed by atoms with Crippen molar-refractivity contribution in [2.24, 2.45) is 0 Å². The Labute approximate surface area is 124 Å². The smallest absolute Gasteiger partial charge is 0.238 e. The van der Waals surface area contributed by atoms with E-state index in [1.54, 1.807) is 18.2 Å². The van der Waals surface area contributed by atoms with Crippen molar-refractivity contribution in [3.63, 3.8) is 0 Å². The van der Waals surface area contributed by atoms with E-state index in [-0.39, 0.29) is 18.5 Å². The molecule has 3 N–H and O–H groups in total. The Bertz CT molecular complexity index is 510. The molecule has 0 atom stereocenters. The summed E-state index contributed by atoms with van der Waals surface area (Å²) in [6, 6.07) is 7.21. The number of nitrogens with one attached hydrogen (secondary N) is 1. The van der Waals surface area contributed by atoms with Gasteiger partial charge in [-0.25, -0.2) is 0 Å². The summed E-state index contributed by atoms with van der Waals surface area (Å²) in [7, 11) is 0. The number of rotatable bonds is 6. The summed E-state index contributed by atoms with van der Waals surface area (Å²) in [6.45, 7) is 4.77. The SMILES string of the molecule is CC(C)N(CCC#N)CC(=O)Nc1ccc(Cl)cc1N. The number of carbonyl (C=O) groups excluding carboxylic acids is 1. The summed E-state index contributed by atoms with van der Waals surface area (Å²) in [4.78, 5) is 13.9. The van der Waals surface area contributed by atoms with Crippen LogP contribution >= 0.6 is 11.6 Å². The van der Waals surface area contributed by atoms with Crippen molar-refractivity contribution < 1.29 is 4.79 Å². The van der Waals surface area contributed by atoms with Gasteiger partial charge in [-0.3, -0.25) is 9.69 Å². The molecule has 0 spiro atoms. The minimum Gasteiger partial charge on any atom is -0.397 e. The molecule has 5 nitrogen and oxygen atoms in total. The monoisotopic (exact) mass is 294 g/mol. The van der Waals surface area contributed by atoms with Gasteiger partial charge in [0, 0.05) is 24.0 Å². The molecule has 1 aromatic carbocycles. The standard InChI is InChI=1S/C14H19ClN4O/c1-10(2)19(7-3-6-16)9-14(20)18-13-5-4-11(15)8-12(13)17/h4-5,8,10H,3,7,9,17H2,1-2H3,(H,18,20). The van der Waals surface area contributed by atoms with E-state index in [2.05, 4.69) is 11.4 Å². The number of anilines is 2. The lowest BCUT2D eigenvalue weighted by molar-refractivity contribution is -0.117. The van der Waals surface area contributed by atoms with Crippen molar-refractivity contribution in [2.75, 3.05) is 24.1 Å².